The van der Waals surface area contributed by atoms with Gasteiger partial charge in [-0.05, 0) is 26.7 Å². The maximum atomic E-state index is 12.5. The van der Waals surface area contributed by atoms with E-state index in [2.05, 4.69) is 10.2 Å². The first-order valence-electron chi connectivity index (χ1n) is 8.75. The minimum absolute atomic E-state index is 0. The Hall–Kier alpha value is -0.600. The topological polar surface area (TPSA) is 76.1 Å². The fraction of sp³-hybridized carbons (Fsp3) is 0.875. The second-order valence-electron chi connectivity index (χ2n) is 6.37. The van der Waals surface area contributed by atoms with Crippen molar-refractivity contribution in [1.82, 2.24) is 20.0 Å². The Balaban J connectivity index is 0.00000288. The van der Waals surface area contributed by atoms with E-state index < -0.39 is 6.10 Å². The van der Waals surface area contributed by atoms with Gasteiger partial charge in [-0.2, -0.15) is 0 Å². The van der Waals surface area contributed by atoms with E-state index in [-0.39, 0.29) is 42.7 Å². The first-order valence-corrected chi connectivity index (χ1v) is 8.75. The van der Waals surface area contributed by atoms with Crippen LogP contribution in [0, 0.1) is 0 Å². The van der Waals surface area contributed by atoms with E-state index in [9.17, 15) is 14.7 Å². The lowest BCUT2D eigenvalue weighted by molar-refractivity contribution is -0.133. The first-order chi connectivity index (χ1) is 11.0. The molecule has 9 heteroatoms. The Morgan fingerprint density at radius 3 is 2.36 bits per heavy atom. The third kappa shape index (κ3) is 6.90. The summed E-state index contributed by atoms with van der Waals surface area (Å²) in [5.41, 5.74) is 0. The Bertz CT molecular complexity index is 424. The Morgan fingerprint density at radius 1 is 1.12 bits per heavy atom. The predicted molar refractivity (Wildman–Crippen MR) is 102 cm³/mol. The van der Waals surface area contributed by atoms with Gasteiger partial charge in [-0.1, -0.05) is 0 Å². The highest BCUT2D eigenvalue weighted by Crippen LogP contribution is 2.12. The maximum Gasteiger partial charge on any atom is 0.239 e. The van der Waals surface area contributed by atoms with Crippen LogP contribution in [0.25, 0.3) is 0 Å². The second kappa shape index (κ2) is 11.9. The molecule has 2 heterocycles. The van der Waals surface area contributed by atoms with E-state index >= 15 is 0 Å². The largest absolute Gasteiger partial charge is 0.392 e. The molecule has 2 aliphatic heterocycles. The average Bonchev–Trinajstić information content (AvgIpc) is 2.83. The lowest BCUT2D eigenvalue weighted by atomic mass is 10.2. The molecule has 2 unspecified atom stereocenters. The van der Waals surface area contributed by atoms with Crippen molar-refractivity contribution in [2.45, 2.75) is 38.8 Å². The van der Waals surface area contributed by atoms with Crippen molar-refractivity contribution in [1.29, 1.82) is 0 Å². The van der Waals surface area contributed by atoms with Crippen molar-refractivity contribution < 1.29 is 14.7 Å². The molecule has 25 heavy (non-hydrogen) atoms. The maximum absolute atomic E-state index is 12.5. The van der Waals surface area contributed by atoms with Gasteiger partial charge in [-0.3, -0.25) is 14.5 Å². The summed E-state index contributed by atoms with van der Waals surface area (Å²) in [6, 6.07) is -0.256. The Kier molecular flexibility index (Phi) is 11.6. The molecule has 0 aromatic carbocycles. The molecule has 0 bridgehead atoms. The number of carbonyl (C=O) groups excluding carboxylic acids is 2. The monoisotopic (exact) mass is 398 g/mol. The first kappa shape index (κ1) is 24.4. The van der Waals surface area contributed by atoms with Crippen LogP contribution in [0.2, 0.25) is 0 Å². The van der Waals surface area contributed by atoms with Gasteiger partial charge in [0.25, 0.3) is 0 Å². The molecular weight excluding hydrogens is 367 g/mol. The molecule has 0 saturated carbocycles. The number of carbonyl (C=O) groups is 2. The number of rotatable bonds is 5. The highest BCUT2D eigenvalue weighted by molar-refractivity contribution is 5.85. The zero-order valence-corrected chi connectivity index (χ0v) is 16.8. The van der Waals surface area contributed by atoms with Gasteiger partial charge in [0.2, 0.25) is 11.8 Å². The van der Waals surface area contributed by atoms with Crippen molar-refractivity contribution in [3.05, 3.63) is 0 Å². The van der Waals surface area contributed by atoms with Gasteiger partial charge in [0.1, 0.15) is 0 Å². The number of nitrogens with one attached hydrogen (secondary N) is 1. The molecule has 0 aromatic heterocycles. The van der Waals surface area contributed by atoms with Crippen molar-refractivity contribution in [3.8, 4) is 0 Å². The van der Waals surface area contributed by atoms with Gasteiger partial charge in [0, 0.05) is 45.8 Å². The van der Waals surface area contributed by atoms with Crippen LogP contribution in [-0.4, -0.2) is 96.1 Å². The number of nitrogens with zero attached hydrogens (tertiary/aromatic N) is 3. The van der Waals surface area contributed by atoms with Crippen LogP contribution < -0.4 is 5.32 Å². The van der Waals surface area contributed by atoms with E-state index in [1.165, 1.54) is 0 Å². The van der Waals surface area contributed by atoms with Gasteiger partial charge < -0.3 is 20.2 Å². The van der Waals surface area contributed by atoms with Crippen LogP contribution in [0.1, 0.15) is 26.7 Å². The predicted octanol–water partition coefficient (Wildman–Crippen LogP) is -0.0445. The quantitative estimate of drug-likeness (QED) is 0.679. The smallest absolute Gasteiger partial charge is 0.239 e. The summed E-state index contributed by atoms with van der Waals surface area (Å²) in [6.45, 7) is 9.35. The van der Waals surface area contributed by atoms with E-state index in [1.54, 1.807) is 0 Å². The number of hydrogen-bond donors (Lipinski definition) is 2. The molecule has 0 spiro atoms. The van der Waals surface area contributed by atoms with Crippen LogP contribution >= 0.6 is 24.8 Å². The molecule has 148 valence electrons. The normalized spacial score (nSPS) is 24.0. The standard InChI is InChI=1S/C16H30N4O3.2ClH/c1-3-19(4-2)15(22)12-18-6-5-7-20(9-8-18)16(23)14-10-13(21)11-17-14;;/h13-14,17,21H,3-12H2,1-2H3;2*1H. The molecular formula is C16H32Cl2N4O3. The van der Waals surface area contributed by atoms with Crippen molar-refractivity contribution >= 4 is 36.6 Å². The van der Waals surface area contributed by atoms with Gasteiger partial charge >= 0.3 is 0 Å². The van der Waals surface area contributed by atoms with Crippen LogP contribution in [-0.2, 0) is 9.59 Å². The molecule has 2 atom stereocenters. The van der Waals surface area contributed by atoms with Crippen molar-refractivity contribution in [2.75, 3.05) is 52.4 Å². The molecule has 2 saturated heterocycles. The molecule has 2 amide bonds. The molecule has 2 rings (SSSR count). The number of amides is 2. The van der Waals surface area contributed by atoms with Gasteiger partial charge in [0.15, 0.2) is 0 Å². The minimum atomic E-state index is -0.417. The van der Waals surface area contributed by atoms with Crippen molar-refractivity contribution in [2.24, 2.45) is 0 Å². The highest BCUT2D eigenvalue weighted by atomic mass is 35.5. The van der Waals surface area contributed by atoms with Gasteiger partial charge in [-0.25, -0.2) is 0 Å². The Labute approximate surface area is 162 Å². The van der Waals surface area contributed by atoms with E-state index in [1.807, 2.05) is 23.6 Å². The molecule has 2 aliphatic rings. The summed E-state index contributed by atoms with van der Waals surface area (Å²) in [7, 11) is 0. The third-order valence-electron chi connectivity index (χ3n) is 4.78. The third-order valence-corrected chi connectivity index (χ3v) is 4.78. The van der Waals surface area contributed by atoms with Crippen LogP contribution in [0.4, 0.5) is 0 Å². The summed E-state index contributed by atoms with van der Waals surface area (Å²) in [5.74, 6) is 0.244. The Morgan fingerprint density at radius 2 is 1.80 bits per heavy atom. The zero-order valence-electron chi connectivity index (χ0n) is 15.1. The highest BCUT2D eigenvalue weighted by Gasteiger charge is 2.32. The molecule has 2 N–H and O–H groups in total. The fourth-order valence-corrected chi connectivity index (χ4v) is 3.34. The number of likely N-dealkylation sites (N-methyl/N-ethyl adjacent to an activating group) is 1. The van der Waals surface area contributed by atoms with E-state index in [4.69, 9.17) is 0 Å². The fourth-order valence-electron chi connectivity index (χ4n) is 3.34. The van der Waals surface area contributed by atoms with E-state index in [0.717, 1.165) is 39.1 Å². The van der Waals surface area contributed by atoms with Crippen LogP contribution in [0.3, 0.4) is 0 Å². The number of halogens is 2. The van der Waals surface area contributed by atoms with Crippen LogP contribution in [0.15, 0.2) is 0 Å². The summed E-state index contributed by atoms with van der Waals surface area (Å²) >= 11 is 0. The van der Waals surface area contributed by atoms with Crippen LogP contribution in [0.5, 0.6) is 0 Å². The van der Waals surface area contributed by atoms with E-state index in [0.29, 0.717) is 26.1 Å². The number of aliphatic hydroxyl groups excluding tert-OH is 1. The van der Waals surface area contributed by atoms with Gasteiger partial charge in [0.05, 0.1) is 18.7 Å². The summed E-state index contributed by atoms with van der Waals surface area (Å²) in [4.78, 5) is 30.6. The average molecular weight is 399 g/mol. The summed E-state index contributed by atoms with van der Waals surface area (Å²) < 4.78 is 0. The minimum Gasteiger partial charge on any atom is -0.392 e. The summed E-state index contributed by atoms with van der Waals surface area (Å²) in [5, 5.41) is 12.6. The molecule has 0 aromatic rings. The second-order valence-corrected chi connectivity index (χ2v) is 6.37. The van der Waals surface area contributed by atoms with Gasteiger partial charge in [-0.15, -0.1) is 24.8 Å². The van der Waals surface area contributed by atoms with Crippen molar-refractivity contribution in [3.63, 3.8) is 0 Å². The molecule has 0 radical (unpaired) electrons. The lowest BCUT2D eigenvalue weighted by Gasteiger charge is -2.26. The SMILES string of the molecule is CCN(CC)C(=O)CN1CCCN(C(=O)C2CC(O)CN2)CC1.Cl.Cl. The molecule has 0 aliphatic carbocycles. The molecule has 2 fully saturated rings. The molecule has 7 nitrogen and oxygen atoms in total. The summed E-state index contributed by atoms with van der Waals surface area (Å²) in [6.07, 6.45) is 0.964. The zero-order chi connectivity index (χ0) is 16.8. The number of hydrogen-bond acceptors (Lipinski definition) is 5. The lowest BCUT2D eigenvalue weighted by Crippen LogP contribution is -2.45. The number of β-amino-alcohol motifs (C(OH)–C–C–N with tert-alkyl or cyclic N) is 1. The number of aliphatic hydroxyl groups is 1.